The lowest BCUT2D eigenvalue weighted by Gasteiger charge is -2.34. The highest BCUT2D eigenvalue weighted by molar-refractivity contribution is 5.87. The van der Waals surface area contributed by atoms with Crippen LogP contribution in [0.4, 0.5) is 0 Å². The van der Waals surface area contributed by atoms with Crippen LogP contribution < -0.4 is 0 Å². The van der Waals surface area contributed by atoms with Gasteiger partial charge in [0.2, 0.25) is 0 Å². The minimum atomic E-state index is -0.466. The molecule has 0 atom stereocenters. The Morgan fingerprint density at radius 3 is 0.780 bits per heavy atom. The van der Waals surface area contributed by atoms with E-state index in [-0.39, 0.29) is 10.8 Å². The molecule has 8 aromatic carbocycles. The van der Waals surface area contributed by atoms with Gasteiger partial charge in [-0.3, -0.25) is 0 Å². The van der Waals surface area contributed by atoms with Crippen LogP contribution in [-0.4, -0.2) is 0 Å². The topological polar surface area (TPSA) is 0 Å². The van der Waals surface area contributed by atoms with Gasteiger partial charge in [0.15, 0.2) is 0 Å². The molecule has 290 valence electrons. The monoisotopic (exact) mass is 762 g/mol. The van der Waals surface area contributed by atoms with Crippen LogP contribution in [0.25, 0.3) is 55.6 Å². The van der Waals surface area contributed by atoms with E-state index in [1.165, 1.54) is 100 Å². The number of fused-ring (bicyclic) bond motifs is 3. The van der Waals surface area contributed by atoms with Crippen LogP contribution >= 0.6 is 0 Å². The van der Waals surface area contributed by atoms with E-state index in [1.54, 1.807) is 0 Å². The Bertz CT molecular complexity index is 2570. The highest BCUT2D eigenvalue weighted by Gasteiger charge is 2.46. The standard InChI is InChI=1S/C59H54/c1-39-9-35-53-54-36-10-40(2)38-56(54)59(55(53)37-39,51-31-23-47(24-32-51)43-15-11-41(12-16-43)45-19-27-49(28-20-45)57(3,4)5)52-33-25-48(26-34-52)44-17-13-42(14-18-44)46-21-29-50(30-22-46)58(6,7)8/h9-38H,1-8H3. The van der Waals surface area contributed by atoms with Gasteiger partial charge in [0.1, 0.15) is 0 Å². The van der Waals surface area contributed by atoms with E-state index in [0.29, 0.717) is 0 Å². The lowest BCUT2D eigenvalue weighted by atomic mass is 9.67. The van der Waals surface area contributed by atoms with E-state index in [0.717, 1.165) is 0 Å². The van der Waals surface area contributed by atoms with Crippen LogP contribution in [0.1, 0.15) is 86.1 Å². The molecular formula is C59H54. The molecule has 8 aromatic rings. The van der Waals surface area contributed by atoms with Gasteiger partial charge in [-0.2, -0.15) is 0 Å². The van der Waals surface area contributed by atoms with Crippen LogP contribution in [0.15, 0.2) is 182 Å². The van der Waals surface area contributed by atoms with Crippen LogP contribution in [-0.2, 0) is 16.2 Å². The van der Waals surface area contributed by atoms with Gasteiger partial charge in [-0.15, -0.1) is 0 Å². The maximum absolute atomic E-state index is 2.42. The van der Waals surface area contributed by atoms with Crippen molar-refractivity contribution in [1.29, 1.82) is 0 Å². The zero-order valence-corrected chi connectivity index (χ0v) is 35.8. The van der Waals surface area contributed by atoms with Crippen molar-refractivity contribution >= 4 is 0 Å². The van der Waals surface area contributed by atoms with Gasteiger partial charge in [-0.1, -0.05) is 235 Å². The predicted molar refractivity (Wildman–Crippen MR) is 252 cm³/mol. The molecule has 0 heteroatoms. The Hall–Kier alpha value is -6.24. The highest BCUT2D eigenvalue weighted by atomic mass is 14.5. The fourth-order valence-electron chi connectivity index (χ4n) is 9.20. The molecule has 0 N–H and O–H groups in total. The molecule has 0 spiro atoms. The van der Waals surface area contributed by atoms with Crippen molar-refractivity contribution in [2.75, 3.05) is 0 Å². The van der Waals surface area contributed by atoms with E-state index in [4.69, 9.17) is 0 Å². The van der Waals surface area contributed by atoms with Crippen LogP contribution in [0.2, 0.25) is 0 Å². The summed E-state index contributed by atoms with van der Waals surface area (Å²) in [4.78, 5) is 0. The summed E-state index contributed by atoms with van der Waals surface area (Å²) in [5, 5.41) is 0. The second-order valence-electron chi connectivity index (χ2n) is 18.8. The summed E-state index contributed by atoms with van der Waals surface area (Å²) in [6, 6.07) is 68.9. The molecule has 59 heavy (non-hydrogen) atoms. The van der Waals surface area contributed by atoms with E-state index in [2.05, 4.69) is 237 Å². The smallest absolute Gasteiger partial charge is 0.0587 e. The molecule has 0 amide bonds. The highest BCUT2D eigenvalue weighted by Crippen LogP contribution is 2.57. The van der Waals surface area contributed by atoms with Crippen molar-refractivity contribution in [2.45, 2.75) is 71.6 Å². The van der Waals surface area contributed by atoms with E-state index < -0.39 is 5.41 Å². The first kappa shape index (κ1) is 38.3. The fourth-order valence-corrected chi connectivity index (χ4v) is 9.20. The molecule has 0 bridgehead atoms. The van der Waals surface area contributed by atoms with Crippen LogP contribution in [0, 0.1) is 13.8 Å². The Morgan fingerprint density at radius 2 is 0.525 bits per heavy atom. The minimum Gasteiger partial charge on any atom is -0.0587 e. The lowest BCUT2D eigenvalue weighted by molar-refractivity contribution is 0.590. The Labute approximate surface area is 352 Å². The van der Waals surface area contributed by atoms with Gasteiger partial charge in [-0.25, -0.2) is 0 Å². The first-order valence-electron chi connectivity index (χ1n) is 21.2. The first-order valence-corrected chi connectivity index (χ1v) is 21.2. The Balaban J connectivity index is 1.08. The predicted octanol–water partition coefficient (Wildman–Crippen LogP) is 15.9. The minimum absolute atomic E-state index is 0.143. The maximum Gasteiger partial charge on any atom is 0.0713 e. The van der Waals surface area contributed by atoms with Gasteiger partial charge in [-0.05, 0) is 114 Å². The molecule has 1 aliphatic rings. The third kappa shape index (κ3) is 6.95. The van der Waals surface area contributed by atoms with Crippen molar-refractivity contribution < 1.29 is 0 Å². The molecule has 0 unspecified atom stereocenters. The number of benzene rings is 8. The molecule has 1 aliphatic carbocycles. The van der Waals surface area contributed by atoms with Gasteiger partial charge in [0.05, 0.1) is 5.41 Å². The molecule has 0 heterocycles. The summed E-state index contributed by atoms with van der Waals surface area (Å²) in [6.07, 6.45) is 0. The number of hydrogen-bond donors (Lipinski definition) is 0. The third-order valence-corrected chi connectivity index (χ3v) is 12.7. The Morgan fingerprint density at radius 1 is 0.288 bits per heavy atom. The van der Waals surface area contributed by atoms with Gasteiger partial charge < -0.3 is 0 Å². The quantitative estimate of drug-likeness (QED) is 0.158. The summed E-state index contributed by atoms with van der Waals surface area (Å²) < 4.78 is 0. The van der Waals surface area contributed by atoms with Crippen LogP contribution in [0.5, 0.6) is 0 Å². The molecule has 0 fully saturated rings. The molecule has 0 radical (unpaired) electrons. The zero-order chi connectivity index (χ0) is 41.1. The summed E-state index contributed by atoms with van der Waals surface area (Å²) in [7, 11) is 0. The normalized spacial score (nSPS) is 13.2. The van der Waals surface area contributed by atoms with E-state index >= 15 is 0 Å². The zero-order valence-electron chi connectivity index (χ0n) is 35.8. The number of aryl methyl sites for hydroxylation is 2. The molecule has 0 aliphatic heterocycles. The summed E-state index contributed by atoms with van der Waals surface area (Å²) >= 11 is 0. The molecule has 0 aromatic heterocycles. The van der Waals surface area contributed by atoms with Crippen molar-refractivity contribution in [3.05, 3.63) is 226 Å². The van der Waals surface area contributed by atoms with E-state index in [1.807, 2.05) is 0 Å². The van der Waals surface area contributed by atoms with Crippen molar-refractivity contribution in [2.24, 2.45) is 0 Å². The van der Waals surface area contributed by atoms with E-state index in [9.17, 15) is 0 Å². The van der Waals surface area contributed by atoms with Gasteiger partial charge >= 0.3 is 0 Å². The molecule has 0 saturated carbocycles. The van der Waals surface area contributed by atoms with Crippen LogP contribution in [0.3, 0.4) is 0 Å². The second-order valence-corrected chi connectivity index (χ2v) is 18.8. The maximum atomic E-state index is 2.42. The molecular weight excluding hydrogens is 709 g/mol. The average molecular weight is 763 g/mol. The van der Waals surface area contributed by atoms with Crippen molar-refractivity contribution in [3.63, 3.8) is 0 Å². The third-order valence-electron chi connectivity index (χ3n) is 12.7. The molecule has 0 saturated heterocycles. The first-order chi connectivity index (χ1) is 28.3. The summed E-state index contributed by atoms with van der Waals surface area (Å²) in [5.41, 5.74) is 22.8. The largest absolute Gasteiger partial charge is 0.0713 e. The average Bonchev–Trinajstić information content (AvgIpc) is 3.52. The van der Waals surface area contributed by atoms with Crippen molar-refractivity contribution in [3.8, 4) is 55.6 Å². The second kappa shape index (κ2) is 14.5. The number of rotatable bonds is 6. The van der Waals surface area contributed by atoms with Gasteiger partial charge in [0, 0.05) is 0 Å². The summed E-state index contributed by atoms with van der Waals surface area (Å²) in [5.74, 6) is 0. The SMILES string of the molecule is Cc1ccc2c(c1)C(c1ccc(-c3ccc(-c4ccc(C(C)(C)C)cc4)cc3)cc1)(c1ccc(-c3ccc(-c4ccc(C(C)(C)C)cc4)cc3)cc1)c1cc(C)ccc1-2. The van der Waals surface area contributed by atoms with Gasteiger partial charge in [0.25, 0.3) is 0 Å². The van der Waals surface area contributed by atoms with Crippen molar-refractivity contribution in [1.82, 2.24) is 0 Å². The lowest BCUT2D eigenvalue weighted by Crippen LogP contribution is -2.28. The number of hydrogen-bond acceptors (Lipinski definition) is 0. The Kier molecular flexibility index (Phi) is 9.44. The molecule has 9 rings (SSSR count). The summed E-state index contributed by atoms with van der Waals surface area (Å²) in [6.45, 7) is 18.0. The fraction of sp³-hybridized carbons (Fsp3) is 0.186. The molecule has 0 nitrogen and oxygen atoms in total.